The molecule has 1 aliphatic heterocycles. The first-order valence-electron chi connectivity index (χ1n) is 9.89. The average Bonchev–Trinajstić information content (AvgIpc) is 2.84. The lowest BCUT2D eigenvalue weighted by Gasteiger charge is -2.34. The zero-order chi connectivity index (χ0) is 18.8. The second kappa shape index (κ2) is 7.55. The molecule has 2 aromatic rings. The summed E-state index contributed by atoms with van der Waals surface area (Å²) < 4.78 is 0. The quantitative estimate of drug-likeness (QED) is 0.858. The van der Waals surface area contributed by atoms with Gasteiger partial charge in [-0.1, -0.05) is 67.3 Å². The molecular formula is C23H26N2O2. The van der Waals surface area contributed by atoms with E-state index in [1.54, 1.807) is 0 Å². The van der Waals surface area contributed by atoms with Crippen molar-refractivity contribution >= 4 is 17.5 Å². The Balaban J connectivity index is 1.81. The molecule has 2 aliphatic rings. The standard InChI is InChI=1S/C23H26N2O2/c1-16-12-13-20-19(14-16)22(17-8-4-2-5-9-17)25(15-21(26)24-20)23(27)18-10-6-3-7-11-18/h2,4-5,8-9,12-14,18,22H,3,6-7,10-11,15H2,1H3,(H,24,26). The van der Waals surface area contributed by atoms with Crippen molar-refractivity contribution in [3.8, 4) is 0 Å². The van der Waals surface area contributed by atoms with E-state index < -0.39 is 0 Å². The smallest absolute Gasteiger partial charge is 0.244 e. The largest absolute Gasteiger partial charge is 0.324 e. The van der Waals surface area contributed by atoms with E-state index in [0.717, 1.165) is 48.1 Å². The van der Waals surface area contributed by atoms with Crippen LogP contribution in [0.2, 0.25) is 0 Å². The third kappa shape index (κ3) is 3.61. The molecule has 1 aliphatic carbocycles. The van der Waals surface area contributed by atoms with Crippen LogP contribution in [0.4, 0.5) is 5.69 Å². The van der Waals surface area contributed by atoms with Crippen LogP contribution < -0.4 is 5.32 Å². The van der Waals surface area contributed by atoms with Crippen molar-refractivity contribution in [3.63, 3.8) is 0 Å². The van der Waals surface area contributed by atoms with Crippen molar-refractivity contribution in [2.75, 3.05) is 11.9 Å². The van der Waals surface area contributed by atoms with Gasteiger partial charge in [0.25, 0.3) is 0 Å². The van der Waals surface area contributed by atoms with Gasteiger partial charge in [-0.2, -0.15) is 0 Å². The highest BCUT2D eigenvalue weighted by atomic mass is 16.2. The van der Waals surface area contributed by atoms with Gasteiger partial charge in [0.15, 0.2) is 0 Å². The van der Waals surface area contributed by atoms with Crippen LogP contribution in [-0.4, -0.2) is 23.3 Å². The number of benzene rings is 2. The van der Waals surface area contributed by atoms with Crippen LogP contribution in [0, 0.1) is 12.8 Å². The number of hydrogen-bond donors (Lipinski definition) is 1. The lowest BCUT2D eigenvalue weighted by Crippen LogP contribution is -2.42. The minimum absolute atomic E-state index is 0.0316. The third-order valence-electron chi connectivity index (χ3n) is 5.75. The summed E-state index contributed by atoms with van der Waals surface area (Å²) in [5.41, 5.74) is 3.97. The Bertz CT molecular complexity index is 841. The van der Waals surface area contributed by atoms with Gasteiger partial charge in [-0.3, -0.25) is 9.59 Å². The first-order chi connectivity index (χ1) is 13.1. The first-order valence-corrected chi connectivity index (χ1v) is 9.89. The minimum atomic E-state index is -0.241. The molecule has 4 rings (SSSR count). The number of nitrogens with one attached hydrogen (secondary N) is 1. The van der Waals surface area contributed by atoms with Crippen molar-refractivity contribution in [2.45, 2.75) is 45.1 Å². The molecule has 0 radical (unpaired) electrons. The van der Waals surface area contributed by atoms with Crippen molar-refractivity contribution in [1.82, 2.24) is 4.90 Å². The lowest BCUT2D eigenvalue weighted by atomic mass is 9.86. The molecule has 2 amide bonds. The molecule has 1 unspecified atom stereocenters. The number of amides is 2. The fourth-order valence-corrected chi connectivity index (χ4v) is 4.41. The molecule has 0 bridgehead atoms. The average molecular weight is 362 g/mol. The summed E-state index contributed by atoms with van der Waals surface area (Å²) in [7, 11) is 0. The molecule has 1 N–H and O–H groups in total. The van der Waals surface area contributed by atoms with Crippen LogP contribution in [0.5, 0.6) is 0 Å². The van der Waals surface area contributed by atoms with Gasteiger partial charge in [-0.25, -0.2) is 0 Å². The van der Waals surface area contributed by atoms with Gasteiger partial charge in [0.2, 0.25) is 11.8 Å². The summed E-state index contributed by atoms with van der Waals surface area (Å²) in [6.07, 6.45) is 5.26. The van der Waals surface area contributed by atoms with E-state index in [2.05, 4.69) is 11.4 Å². The van der Waals surface area contributed by atoms with Crippen LogP contribution in [0.3, 0.4) is 0 Å². The van der Waals surface area contributed by atoms with Crippen molar-refractivity contribution in [3.05, 3.63) is 65.2 Å². The topological polar surface area (TPSA) is 49.4 Å². The second-order valence-electron chi connectivity index (χ2n) is 7.75. The van der Waals surface area contributed by atoms with Crippen LogP contribution in [-0.2, 0) is 9.59 Å². The van der Waals surface area contributed by atoms with Crippen molar-refractivity contribution in [2.24, 2.45) is 5.92 Å². The van der Waals surface area contributed by atoms with Gasteiger partial charge in [0.1, 0.15) is 6.54 Å². The summed E-state index contributed by atoms with van der Waals surface area (Å²) in [5.74, 6) is 0.0277. The number of carbonyl (C=O) groups excluding carboxylic acids is 2. The highest BCUT2D eigenvalue weighted by Crippen LogP contribution is 2.38. The van der Waals surface area contributed by atoms with Gasteiger partial charge in [0.05, 0.1) is 6.04 Å². The number of hydrogen-bond acceptors (Lipinski definition) is 2. The van der Waals surface area contributed by atoms with E-state index in [9.17, 15) is 9.59 Å². The van der Waals surface area contributed by atoms with Gasteiger partial charge in [-0.05, 0) is 31.4 Å². The fourth-order valence-electron chi connectivity index (χ4n) is 4.41. The molecule has 27 heavy (non-hydrogen) atoms. The Morgan fingerprint density at radius 2 is 1.78 bits per heavy atom. The number of anilines is 1. The molecule has 2 aromatic carbocycles. The molecule has 1 saturated carbocycles. The fraction of sp³-hybridized carbons (Fsp3) is 0.391. The van der Waals surface area contributed by atoms with E-state index in [1.165, 1.54) is 6.42 Å². The normalized spacial score (nSPS) is 20.6. The monoisotopic (exact) mass is 362 g/mol. The maximum Gasteiger partial charge on any atom is 0.244 e. The predicted molar refractivity (Wildman–Crippen MR) is 106 cm³/mol. The maximum absolute atomic E-state index is 13.5. The van der Waals surface area contributed by atoms with Crippen LogP contribution in [0.1, 0.15) is 54.8 Å². The first kappa shape index (κ1) is 17.8. The lowest BCUT2D eigenvalue weighted by molar-refractivity contribution is -0.140. The Morgan fingerprint density at radius 3 is 2.52 bits per heavy atom. The van der Waals surface area contributed by atoms with Crippen LogP contribution >= 0.6 is 0 Å². The highest BCUT2D eigenvalue weighted by Gasteiger charge is 2.36. The van der Waals surface area contributed by atoms with Gasteiger partial charge in [-0.15, -0.1) is 0 Å². The van der Waals surface area contributed by atoms with Crippen LogP contribution in [0.25, 0.3) is 0 Å². The minimum Gasteiger partial charge on any atom is -0.324 e. The summed E-state index contributed by atoms with van der Waals surface area (Å²) in [5, 5.41) is 3.00. The number of fused-ring (bicyclic) bond motifs is 1. The molecule has 140 valence electrons. The molecule has 1 atom stereocenters. The molecule has 0 saturated heterocycles. The van der Waals surface area contributed by atoms with Crippen LogP contribution in [0.15, 0.2) is 48.5 Å². The molecule has 4 heteroatoms. The molecule has 1 fully saturated rings. The van der Waals surface area contributed by atoms with Crippen molar-refractivity contribution in [1.29, 1.82) is 0 Å². The Morgan fingerprint density at radius 1 is 1.04 bits per heavy atom. The zero-order valence-corrected chi connectivity index (χ0v) is 15.8. The van der Waals surface area contributed by atoms with Gasteiger partial charge in [0, 0.05) is 17.2 Å². The summed E-state index contributed by atoms with van der Waals surface area (Å²) in [6.45, 7) is 2.14. The maximum atomic E-state index is 13.5. The van der Waals surface area contributed by atoms with E-state index in [0.29, 0.717) is 0 Å². The van der Waals surface area contributed by atoms with Gasteiger partial charge < -0.3 is 10.2 Å². The van der Waals surface area contributed by atoms with E-state index in [4.69, 9.17) is 0 Å². The molecule has 1 heterocycles. The second-order valence-corrected chi connectivity index (χ2v) is 7.75. The number of nitrogens with zero attached hydrogens (tertiary/aromatic N) is 1. The van der Waals surface area contributed by atoms with E-state index in [1.807, 2.05) is 54.3 Å². The molecule has 0 spiro atoms. The van der Waals surface area contributed by atoms with E-state index in [-0.39, 0.29) is 30.3 Å². The Labute approximate surface area is 160 Å². The third-order valence-corrected chi connectivity index (χ3v) is 5.75. The molecular weight excluding hydrogens is 336 g/mol. The van der Waals surface area contributed by atoms with Crippen molar-refractivity contribution < 1.29 is 9.59 Å². The highest BCUT2D eigenvalue weighted by molar-refractivity contribution is 5.97. The Kier molecular flexibility index (Phi) is 4.97. The summed E-state index contributed by atoms with van der Waals surface area (Å²) in [6, 6.07) is 15.9. The summed E-state index contributed by atoms with van der Waals surface area (Å²) in [4.78, 5) is 27.9. The van der Waals surface area contributed by atoms with Gasteiger partial charge >= 0.3 is 0 Å². The zero-order valence-electron chi connectivity index (χ0n) is 15.8. The molecule has 4 nitrogen and oxygen atoms in total. The summed E-state index contributed by atoms with van der Waals surface area (Å²) >= 11 is 0. The van der Waals surface area contributed by atoms with E-state index >= 15 is 0 Å². The SMILES string of the molecule is Cc1ccc2c(c1)C(c1ccccc1)N(C(=O)C1CCCCC1)CC(=O)N2. The Hall–Kier alpha value is -2.62. The predicted octanol–water partition coefficient (Wildman–Crippen LogP) is 4.45. The number of aryl methyl sites for hydroxylation is 1. The number of rotatable bonds is 2. The molecule has 0 aromatic heterocycles. The number of carbonyl (C=O) groups is 2.